The SMILES string of the molecule is C[C@@]12CCC[C@H]1[C@@H]1CCC3N(Cc4ccccc4)C(=O)C(C(=O)O)=C[C@]3(C)[C@@H]1CC2. The van der Waals surface area contributed by atoms with Gasteiger partial charge in [0, 0.05) is 18.0 Å². The first-order valence-electron chi connectivity index (χ1n) is 11.6. The maximum atomic E-state index is 13.2. The van der Waals surface area contributed by atoms with E-state index in [9.17, 15) is 14.7 Å². The Morgan fingerprint density at radius 2 is 1.83 bits per heavy atom. The molecule has 1 unspecified atom stereocenters. The summed E-state index contributed by atoms with van der Waals surface area (Å²) in [6, 6.07) is 10.1. The number of fused-ring (bicyclic) bond motifs is 5. The van der Waals surface area contributed by atoms with Gasteiger partial charge in [0.25, 0.3) is 5.91 Å². The summed E-state index contributed by atoms with van der Waals surface area (Å²) in [5.74, 6) is 0.491. The number of aliphatic carboxylic acids is 1. The Morgan fingerprint density at radius 1 is 1.07 bits per heavy atom. The van der Waals surface area contributed by atoms with Crippen LogP contribution in [0.1, 0.15) is 64.4 Å². The van der Waals surface area contributed by atoms with Crippen molar-refractivity contribution >= 4 is 11.9 Å². The molecular formula is C26H33NO3. The molecule has 1 heterocycles. The van der Waals surface area contributed by atoms with Crippen LogP contribution in [0.25, 0.3) is 0 Å². The highest BCUT2D eigenvalue weighted by atomic mass is 16.4. The van der Waals surface area contributed by atoms with Gasteiger partial charge >= 0.3 is 5.97 Å². The predicted molar refractivity (Wildman–Crippen MR) is 116 cm³/mol. The first kappa shape index (κ1) is 19.8. The van der Waals surface area contributed by atoms with Gasteiger partial charge in [-0.2, -0.15) is 0 Å². The number of benzene rings is 1. The number of carbonyl (C=O) groups is 2. The lowest BCUT2D eigenvalue weighted by molar-refractivity contribution is -0.148. The molecule has 1 aliphatic heterocycles. The van der Waals surface area contributed by atoms with Crippen molar-refractivity contribution in [1.82, 2.24) is 4.90 Å². The maximum Gasteiger partial charge on any atom is 0.341 e. The molecule has 0 radical (unpaired) electrons. The average molecular weight is 408 g/mol. The minimum absolute atomic E-state index is 0.0231. The molecule has 1 N–H and O–H groups in total. The van der Waals surface area contributed by atoms with Gasteiger partial charge in [0.2, 0.25) is 0 Å². The highest BCUT2D eigenvalue weighted by molar-refractivity contribution is 6.16. The van der Waals surface area contributed by atoms with Crippen molar-refractivity contribution in [2.24, 2.45) is 28.6 Å². The molecule has 4 aliphatic rings. The van der Waals surface area contributed by atoms with Gasteiger partial charge in [-0.1, -0.05) is 56.7 Å². The Labute approximate surface area is 179 Å². The second-order valence-corrected chi connectivity index (χ2v) is 10.7. The van der Waals surface area contributed by atoms with Gasteiger partial charge in [-0.15, -0.1) is 0 Å². The van der Waals surface area contributed by atoms with Gasteiger partial charge in [0.05, 0.1) is 0 Å². The Balaban J connectivity index is 1.54. The van der Waals surface area contributed by atoms with E-state index >= 15 is 0 Å². The molecule has 1 aromatic carbocycles. The van der Waals surface area contributed by atoms with Crippen LogP contribution in [-0.2, 0) is 16.1 Å². The first-order valence-corrected chi connectivity index (χ1v) is 11.6. The van der Waals surface area contributed by atoms with Crippen LogP contribution in [0.15, 0.2) is 42.0 Å². The number of rotatable bonds is 3. The van der Waals surface area contributed by atoms with E-state index in [-0.39, 0.29) is 22.9 Å². The monoisotopic (exact) mass is 407 g/mol. The van der Waals surface area contributed by atoms with Crippen LogP contribution in [0.2, 0.25) is 0 Å². The fourth-order valence-corrected chi connectivity index (χ4v) is 7.84. The van der Waals surface area contributed by atoms with E-state index in [4.69, 9.17) is 0 Å². The molecule has 3 fully saturated rings. The zero-order chi connectivity index (χ0) is 21.1. The predicted octanol–water partition coefficient (Wildman–Crippen LogP) is 5.04. The third-order valence-electron chi connectivity index (χ3n) is 9.26. The third kappa shape index (κ3) is 2.86. The smallest absolute Gasteiger partial charge is 0.341 e. The molecule has 4 heteroatoms. The summed E-state index contributed by atoms with van der Waals surface area (Å²) >= 11 is 0. The molecular weight excluding hydrogens is 374 g/mol. The van der Waals surface area contributed by atoms with Crippen LogP contribution in [0.4, 0.5) is 0 Å². The van der Waals surface area contributed by atoms with Crippen LogP contribution < -0.4 is 0 Å². The third-order valence-corrected chi connectivity index (χ3v) is 9.26. The number of carboxylic acid groups (broad SMARTS) is 1. The molecule has 3 saturated carbocycles. The maximum absolute atomic E-state index is 13.2. The minimum atomic E-state index is -1.08. The van der Waals surface area contributed by atoms with Crippen molar-refractivity contribution in [2.45, 2.75) is 71.4 Å². The lowest BCUT2D eigenvalue weighted by atomic mass is 9.48. The largest absolute Gasteiger partial charge is 0.478 e. The number of hydrogen-bond acceptors (Lipinski definition) is 2. The van der Waals surface area contributed by atoms with Gasteiger partial charge in [0.15, 0.2) is 0 Å². The molecule has 3 aliphatic carbocycles. The van der Waals surface area contributed by atoms with Crippen molar-refractivity contribution in [3.05, 3.63) is 47.5 Å². The van der Waals surface area contributed by atoms with Crippen LogP contribution in [-0.4, -0.2) is 27.9 Å². The summed E-state index contributed by atoms with van der Waals surface area (Å²) in [4.78, 5) is 27.2. The van der Waals surface area contributed by atoms with Crippen molar-refractivity contribution in [1.29, 1.82) is 0 Å². The summed E-state index contributed by atoms with van der Waals surface area (Å²) in [7, 11) is 0. The summed E-state index contributed by atoms with van der Waals surface area (Å²) in [5.41, 5.74) is 1.25. The molecule has 5 rings (SSSR count). The van der Waals surface area contributed by atoms with E-state index in [1.165, 1.54) is 32.1 Å². The fourth-order valence-electron chi connectivity index (χ4n) is 7.84. The Bertz CT molecular complexity index is 893. The second kappa shape index (κ2) is 6.96. The van der Waals surface area contributed by atoms with Crippen molar-refractivity contribution in [3.63, 3.8) is 0 Å². The highest BCUT2D eigenvalue weighted by Gasteiger charge is 2.59. The molecule has 1 aromatic rings. The first-order chi connectivity index (χ1) is 14.3. The lowest BCUT2D eigenvalue weighted by Crippen LogP contribution is -2.61. The second-order valence-electron chi connectivity index (χ2n) is 10.7. The van der Waals surface area contributed by atoms with Crippen LogP contribution in [0.3, 0.4) is 0 Å². The molecule has 30 heavy (non-hydrogen) atoms. The quantitative estimate of drug-likeness (QED) is 0.714. The van der Waals surface area contributed by atoms with E-state index in [2.05, 4.69) is 13.8 Å². The Kier molecular flexibility index (Phi) is 4.61. The van der Waals surface area contributed by atoms with E-state index in [1.807, 2.05) is 41.3 Å². The van der Waals surface area contributed by atoms with Crippen LogP contribution in [0, 0.1) is 28.6 Å². The fraction of sp³-hybridized carbons (Fsp3) is 0.615. The minimum Gasteiger partial charge on any atom is -0.478 e. The molecule has 6 atom stereocenters. The summed E-state index contributed by atoms with van der Waals surface area (Å²) < 4.78 is 0. The van der Waals surface area contributed by atoms with Crippen molar-refractivity contribution in [3.8, 4) is 0 Å². The molecule has 0 aromatic heterocycles. The topological polar surface area (TPSA) is 57.6 Å². The van der Waals surface area contributed by atoms with Gasteiger partial charge in [-0.05, 0) is 67.3 Å². The number of hydrogen-bond donors (Lipinski definition) is 1. The Hall–Kier alpha value is -2.10. The average Bonchev–Trinajstić information content (AvgIpc) is 3.12. The Morgan fingerprint density at radius 3 is 2.57 bits per heavy atom. The molecule has 160 valence electrons. The van der Waals surface area contributed by atoms with Gasteiger partial charge in [-0.3, -0.25) is 4.79 Å². The van der Waals surface area contributed by atoms with E-state index in [0.29, 0.717) is 23.8 Å². The van der Waals surface area contributed by atoms with E-state index < -0.39 is 5.97 Å². The standard InChI is InChI=1S/C26H33NO3/c1-25-13-6-9-20(25)18-10-11-22-26(2,21(18)12-14-25)15-19(24(29)30)23(28)27(22)16-17-7-4-3-5-8-17/h3-5,7-8,15,18,20-22H,6,9-14,16H2,1-2H3,(H,29,30)/t18-,20-,21+,22?,25-,26+/m0/s1. The molecule has 4 nitrogen and oxygen atoms in total. The van der Waals surface area contributed by atoms with Crippen LogP contribution in [0.5, 0.6) is 0 Å². The zero-order valence-corrected chi connectivity index (χ0v) is 18.1. The number of carboxylic acids is 1. The lowest BCUT2D eigenvalue weighted by Gasteiger charge is -2.60. The van der Waals surface area contributed by atoms with Gasteiger partial charge in [-0.25, -0.2) is 4.79 Å². The molecule has 1 amide bonds. The van der Waals surface area contributed by atoms with E-state index in [0.717, 1.165) is 24.3 Å². The molecule has 0 bridgehead atoms. The number of nitrogens with zero attached hydrogens (tertiary/aromatic N) is 1. The number of carbonyl (C=O) groups excluding carboxylic acids is 1. The number of amides is 1. The van der Waals surface area contributed by atoms with Crippen molar-refractivity contribution in [2.75, 3.05) is 0 Å². The van der Waals surface area contributed by atoms with Gasteiger partial charge in [0.1, 0.15) is 5.57 Å². The van der Waals surface area contributed by atoms with Crippen molar-refractivity contribution < 1.29 is 14.7 Å². The summed E-state index contributed by atoms with van der Waals surface area (Å²) in [6.45, 7) is 5.22. The van der Waals surface area contributed by atoms with E-state index in [1.54, 1.807) is 0 Å². The highest BCUT2D eigenvalue weighted by Crippen LogP contribution is 2.64. The summed E-state index contributed by atoms with van der Waals surface area (Å²) in [5, 5.41) is 9.87. The normalized spacial score (nSPS) is 40.3. The zero-order valence-electron chi connectivity index (χ0n) is 18.1. The molecule has 0 spiro atoms. The van der Waals surface area contributed by atoms with Crippen LogP contribution >= 0.6 is 0 Å². The van der Waals surface area contributed by atoms with Gasteiger partial charge < -0.3 is 10.0 Å². The molecule has 0 saturated heterocycles. The summed E-state index contributed by atoms with van der Waals surface area (Å²) in [6.07, 6.45) is 10.4.